The highest BCUT2D eigenvalue weighted by Gasteiger charge is 2.15. The van der Waals surface area contributed by atoms with E-state index in [0.29, 0.717) is 6.54 Å². The highest BCUT2D eigenvalue weighted by molar-refractivity contribution is 6.07. The molecule has 0 aliphatic heterocycles. The first-order valence-corrected chi connectivity index (χ1v) is 14.7. The maximum absolute atomic E-state index is 11.6. The van der Waals surface area contributed by atoms with E-state index in [2.05, 4.69) is 59.4 Å². The van der Waals surface area contributed by atoms with Crippen LogP contribution in [0.15, 0.2) is 114 Å². The van der Waals surface area contributed by atoms with Gasteiger partial charge in [0.2, 0.25) is 5.95 Å². The molecule has 3 N–H and O–H groups in total. The second-order valence-corrected chi connectivity index (χ2v) is 10.8. The Morgan fingerprint density at radius 2 is 1.22 bits per heavy atom. The second-order valence-electron chi connectivity index (χ2n) is 10.8. The molecule has 0 spiro atoms. The van der Waals surface area contributed by atoms with Crippen molar-refractivity contribution < 1.29 is 9.47 Å². The summed E-state index contributed by atoms with van der Waals surface area (Å²) in [6.07, 6.45) is 3.41. The molecule has 4 aromatic carbocycles. The number of anilines is 1. The van der Waals surface area contributed by atoms with E-state index >= 15 is 0 Å². The normalized spacial score (nSPS) is 11.2. The Morgan fingerprint density at radius 1 is 0.674 bits per heavy atom. The topological polar surface area (TPSA) is 126 Å². The van der Waals surface area contributed by atoms with Crippen molar-refractivity contribution in [3.05, 3.63) is 131 Å². The van der Waals surface area contributed by atoms with Gasteiger partial charge in [0.25, 0.3) is 0 Å². The minimum absolute atomic E-state index is 0.277. The molecule has 0 saturated carbocycles. The number of H-pyrrole nitrogens is 1. The fraction of sp³-hybridized carbons (Fsp3) is 0.111. The zero-order chi connectivity index (χ0) is 31.6. The summed E-state index contributed by atoms with van der Waals surface area (Å²) >= 11 is 0. The Labute approximate surface area is 263 Å². The van der Waals surface area contributed by atoms with E-state index in [-0.39, 0.29) is 11.6 Å². The van der Waals surface area contributed by atoms with Gasteiger partial charge < -0.3 is 29.3 Å². The molecule has 0 atom stereocenters. The third-order valence-electron chi connectivity index (χ3n) is 8.04. The van der Waals surface area contributed by atoms with Crippen LogP contribution < -0.4 is 20.9 Å². The van der Waals surface area contributed by atoms with Crippen molar-refractivity contribution in [2.45, 2.75) is 13.1 Å². The van der Waals surface area contributed by atoms with Crippen molar-refractivity contribution in [1.29, 1.82) is 0 Å². The van der Waals surface area contributed by atoms with E-state index in [0.717, 1.165) is 61.9 Å². The van der Waals surface area contributed by atoms with Crippen molar-refractivity contribution in [2.24, 2.45) is 0 Å². The molecule has 10 nitrogen and oxygen atoms in total. The number of nitrogens with two attached hydrogens (primary N) is 1. The first-order valence-electron chi connectivity index (χ1n) is 14.7. The Balaban J connectivity index is 0.000000147. The summed E-state index contributed by atoms with van der Waals surface area (Å²) in [5.74, 6) is 1.83. The first-order chi connectivity index (χ1) is 22.5. The SMILES string of the molecule is COc1ccc2c(c1)c1[nH]c(=O)ncc1n2Cc1ccccc1.COc1ccc2c(c1)c1nc(N)ncc1n2Cc1ccccc1. The molecular formula is C36H31N7O3. The lowest BCUT2D eigenvalue weighted by Crippen LogP contribution is -2.09. The third-order valence-corrected chi connectivity index (χ3v) is 8.04. The molecular weight excluding hydrogens is 578 g/mol. The zero-order valence-electron chi connectivity index (χ0n) is 25.3. The standard InChI is InChI=1S/C18H16N4O.C18H15N3O2/c1-23-13-7-8-15-14(9-13)17-16(10-20-18(19)21-17)22(15)11-12-5-3-2-4-6-12;1-23-13-7-8-15-14(9-13)17-16(10-19-18(22)20-17)21(15)11-12-5-3-2-4-6-12/h2-10H,11H2,1H3,(H2,19,20,21);2-10H,11H2,1H3,(H,19,20,22). The van der Waals surface area contributed by atoms with Crippen LogP contribution in [0.5, 0.6) is 11.5 Å². The third kappa shape index (κ3) is 5.36. The second kappa shape index (κ2) is 12.1. The number of aromatic amines is 1. The summed E-state index contributed by atoms with van der Waals surface area (Å²) in [7, 11) is 3.29. The summed E-state index contributed by atoms with van der Waals surface area (Å²) in [4.78, 5) is 27.0. The van der Waals surface area contributed by atoms with Gasteiger partial charge in [-0.1, -0.05) is 60.7 Å². The number of rotatable bonds is 6. The van der Waals surface area contributed by atoms with Gasteiger partial charge in [-0.3, -0.25) is 0 Å². The number of hydrogen-bond acceptors (Lipinski definition) is 7. The van der Waals surface area contributed by atoms with Crippen LogP contribution in [0.25, 0.3) is 43.9 Å². The number of aromatic nitrogens is 6. The smallest absolute Gasteiger partial charge is 0.345 e. The molecule has 8 rings (SSSR count). The molecule has 4 aromatic heterocycles. The molecule has 0 unspecified atom stereocenters. The van der Waals surface area contributed by atoms with E-state index in [1.165, 1.54) is 11.1 Å². The Morgan fingerprint density at radius 3 is 1.83 bits per heavy atom. The number of hydrogen-bond donors (Lipinski definition) is 2. The Bertz CT molecular complexity index is 2380. The molecule has 46 heavy (non-hydrogen) atoms. The first kappa shape index (κ1) is 28.6. The summed E-state index contributed by atoms with van der Waals surface area (Å²) in [5.41, 5.74) is 13.5. The molecule has 0 saturated heterocycles. The lowest BCUT2D eigenvalue weighted by atomic mass is 10.2. The highest BCUT2D eigenvalue weighted by atomic mass is 16.5. The van der Waals surface area contributed by atoms with Crippen molar-refractivity contribution in [3.8, 4) is 11.5 Å². The number of methoxy groups -OCH3 is 2. The van der Waals surface area contributed by atoms with E-state index in [1.54, 1.807) is 26.6 Å². The lowest BCUT2D eigenvalue weighted by Gasteiger charge is -2.07. The average Bonchev–Trinajstić information content (AvgIpc) is 3.56. The highest BCUT2D eigenvalue weighted by Crippen LogP contribution is 2.32. The van der Waals surface area contributed by atoms with Crippen LogP contribution in [0.3, 0.4) is 0 Å². The monoisotopic (exact) mass is 609 g/mol. The fourth-order valence-electron chi connectivity index (χ4n) is 5.86. The average molecular weight is 610 g/mol. The quantitative estimate of drug-likeness (QED) is 0.231. The molecule has 0 aliphatic carbocycles. The number of nitrogens with one attached hydrogen (secondary N) is 1. The maximum atomic E-state index is 11.6. The van der Waals surface area contributed by atoms with Crippen LogP contribution >= 0.6 is 0 Å². The van der Waals surface area contributed by atoms with Crippen LogP contribution in [0, 0.1) is 0 Å². The summed E-state index contributed by atoms with van der Waals surface area (Å²) in [5, 5.41) is 1.97. The molecule has 0 fully saturated rings. The van der Waals surface area contributed by atoms with E-state index in [9.17, 15) is 4.79 Å². The van der Waals surface area contributed by atoms with E-state index in [1.807, 2.05) is 66.7 Å². The van der Waals surface area contributed by atoms with Gasteiger partial charge in [0.15, 0.2) is 0 Å². The van der Waals surface area contributed by atoms with Gasteiger partial charge in [0.05, 0.1) is 54.2 Å². The van der Waals surface area contributed by atoms with Crippen LogP contribution in [-0.4, -0.2) is 43.3 Å². The summed E-state index contributed by atoms with van der Waals surface area (Å²) < 4.78 is 15.0. The summed E-state index contributed by atoms with van der Waals surface area (Å²) in [6.45, 7) is 1.46. The molecule has 228 valence electrons. The molecule has 4 heterocycles. The van der Waals surface area contributed by atoms with Crippen LogP contribution in [0.4, 0.5) is 5.95 Å². The minimum atomic E-state index is -0.348. The minimum Gasteiger partial charge on any atom is -0.497 e. The van der Waals surface area contributed by atoms with E-state index in [4.69, 9.17) is 15.2 Å². The predicted molar refractivity (Wildman–Crippen MR) is 181 cm³/mol. The molecule has 10 heteroatoms. The molecule has 8 aromatic rings. The fourth-order valence-corrected chi connectivity index (χ4v) is 5.86. The van der Waals surface area contributed by atoms with E-state index < -0.39 is 0 Å². The zero-order valence-corrected chi connectivity index (χ0v) is 25.3. The van der Waals surface area contributed by atoms with Gasteiger partial charge in [-0.05, 0) is 47.5 Å². The number of fused-ring (bicyclic) bond motifs is 6. The number of nitrogen functional groups attached to an aromatic ring is 1. The van der Waals surface area contributed by atoms with Gasteiger partial charge in [-0.25, -0.2) is 14.8 Å². The lowest BCUT2D eigenvalue weighted by molar-refractivity contribution is 0.415. The summed E-state index contributed by atoms with van der Waals surface area (Å²) in [6, 6.07) is 32.4. The Hall–Kier alpha value is -6.16. The number of ether oxygens (including phenoxy) is 2. The predicted octanol–water partition coefficient (Wildman–Crippen LogP) is 6.16. The largest absolute Gasteiger partial charge is 0.497 e. The van der Waals surface area contributed by atoms with Gasteiger partial charge >= 0.3 is 5.69 Å². The van der Waals surface area contributed by atoms with Crippen LogP contribution in [0.2, 0.25) is 0 Å². The van der Waals surface area contributed by atoms with Crippen molar-refractivity contribution in [1.82, 2.24) is 29.1 Å². The molecule has 0 aliphatic rings. The van der Waals surface area contributed by atoms with Crippen molar-refractivity contribution in [2.75, 3.05) is 20.0 Å². The maximum Gasteiger partial charge on any atom is 0.345 e. The van der Waals surface area contributed by atoms with Gasteiger partial charge in [-0.15, -0.1) is 0 Å². The number of benzene rings is 4. The van der Waals surface area contributed by atoms with Crippen LogP contribution in [0.1, 0.15) is 11.1 Å². The van der Waals surface area contributed by atoms with Gasteiger partial charge in [0, 0.05) is 23.9 Å². The Kier molecular flexibility index (Phi) is 7.51. The molecule has 0 bridgehead atoms. The molecule has 0 amide bonds. The van der Waals surface area contributed by atoms with Crippen molar-refractivity contribution in [3.63, 3.8) is 0 Å². The van der Waals surface area contributed by atoms with Gasteiger partial charge in [0.1, 0.15) is 17.0 Å². The van der Waals surface area contributed by atoms with Gasteiger partial charge in [-0.2, -0.15) is 4.98 Å². The number of nitrogens with zero attached hydrogens (tertiary/aromatic N) is 5. The van der Waals surface area contributed by atoms with Crippen LogP contribution in [-0.2, 0) is 13.1 Å². The van der Waals surface area contributed by atoms with Crippen molar-refractivity contribution >= 4 is 49.8 Å². The molecule has 0 radical (unpaired) electrons.